The molecule has 2 N–H and O–H groups in total. The predicted octanol–water partition coefficient (Wildman–Crippen LogP) is 5.19. The van der Waals surface area contributed by atoms with Crippen molar-refractivity contribution < 1.29 is 15.0 Å². The van der Waals surface area contributed by atoms with Gasteiger partial charge in [-0.05, 0) is 38.5 Å². The minimum Gasteiger partial charge on any atom is -0.481 e. The maximum absolute atomic E-state index is 10.4. The standard InChI is InChI=1S/C20H32O3/c1-2-3-4-5-6-7-8-9-10-11-12-13-14-15-16-17-19(21)18-20(22)23/h6-7,9-10,12-13,15-16,19,21H,2-5,8,11,14,17-18H2,1H3,(H,22,23)/b7-6-,10-9-,13-12-,16-15-/t19-/m0/s1. The average Bonchev–Trinajstić information content (AvgIpc) is 2.50. The van der Waals surface area contributed by atoms with Crippen LogP contribution < -0.4 is 0 Å². The van der Waals surface area contributed by atoms with Crippen LogP contribution in [0.15, 0.2) is 48.6 Å². The van der Waals surface area contributed by atoms with Crippen molar-refractivity contribution in [2.24, 2.45) is 0 Å². The highest BCUT2D eigenvalue weighted by Crippen LogP contribution is 2.02. The SMILES string of the molecule is CCCCC/C=C\C/C=C\C/C=C\C/C=C\C[C@H](O)CC(=O)O. The van der Waals surface area contributed by atoms with E-state index in [0.717, 1.165) is 19.3 Å². The van der Waals surface area contributed by atoms with E-state index in [1.165, 1.54) is 25.7 Å². The van der Waals surface area contributed by atoms with Crippen LogP contribution in [0.1, 0.15) is 64.7 Å². The number of carbonyl (C=O) groups is 1. The molecule has 0 radical (unpaired) electrons. The lowest BCUT2D eigenvalue weighted by Crippen LogP contribution is -2.11. The molecule has 1 atom stereocenters. The molecule has 0 aliphatic carbocycles. The molecule has 0 bridgehead atoms. The molecule has 0 spiro atoms. The van der Waals surface area contributed by atoms with Gasteiger partial charge in [0.25, 0.3) is 0 Å². The first-order valence-corrected chi connectivity index (χ1v) is 8.66. The highest BCUT2D eigenvalue weighted by molar-refractivity contribution is 5.67. The lowest BCUT2D eigenvalue weighted by molar-refractivity contribution is -0.139. The van der Waals surface area contributed by atoms with Crippen molar-refractivity contribution in [3.05, 3.63) is 48.6 Å². The molecule has 0 aliphatic rings. The Morgan fingerprint density at radius 1 is 0.870 bits per heavy atom. The number of allylic oxidation sites excluding steroid dienone is 7. The summed E-state index contributed by atoms with van der Waals surface area (Å²) in [6, 6.07) is 0. The first-order chi connectivity index (χ1) is 11.2. The Bertz CT molecular complexity index is 392. The van der Waals surface area contributed by atoms with Gasteiger partial charge in [-0.25, -0.2) is 0 Å². The van der Waals surface area contributed by atoms with Crippen LogP contribution in [0.4, 0.5) is 0 Å². The summed E-state index contributed by atoms with van der Waals surface area (Å²) in [5.41, 5.74) is 0. The van der Waals surface area contributed by atoms with Crippen molar-refractivity contribution in [1.82, 2.24) is 0 Å². The van der Waals surface area contributed by atoms with Crippen LogP contribution in [0.25, 0.3) is 0 Å². The molecule has 0 fully saturated rings. The molecule has 3 heteroatoms. The van der Waals surface area contributed by atoms with Gasteiger partial charge >= 0.3 is 5.97 Å². The van der Waals surface area contributed by atoms with Gasteiger partial charge in [-0.3, -0.25) is 4.79 Å². The van der Waals surface area contributed by atoms with Gasteiger partial charge in [-0.1, -0.05) is 68.4 Å². The number of aliphatic hydroxyl groups is 1. The van der Waals surface area contributed by atoms with Crippen molar-refractivity contribution in [2.45, 2.75) is 70.8 Å². The first-order valence-electron chi connectivity index (χ1n) is 8.66. The molecule has 0 aliphatic heterocycles. The number of carboxylic acid groups (broad SMARTS) is 1. The fourth-order valence-corrected chi connectivity index (χ4v) is 1.98. The third-order valence-electron chi connectivity index (χ3n) is 3.28. The van der Waals surface area contributed by atoms with E-state index in [9.17, 15) is 9.90 Å². The van der Waals surface area contributed by atoms with Crippen molar-refractivity contribution in [1.29, 1.82) is 0 Å². The van der Waals surface area contributed by atoms with Gasteiger partial charge in [0.05, 0.1) is 12.5 Å². The Labute approximate surface area is 141 Å². The molecule has 0 saturated carbocycles. The van der Waals surface area contributed by atoms with Crippen molar-refractivity contribution in [3.63, 3.8) is 0 Å². The molecule has 0 aromatic heterocycles. The molecule has 130 valence electrons. The van der Waals surface area contributed by atoms with Crippen LogP contribution in [0.2, 0.25) is 0 Å². The molecular formula is C20H32O3. The summed E-state index contributed by atoms with van der Waals surface area (Å²) in [7, 11) is 0. The van der Waals surface area contributed by atoms with Crippen LogP contribution >= 0.6 is 0 Å². The lowest BCUT2D eigenvalue weighted by Gasteiger charge is -2.02. The summed E-state index contributed by atoms with van der Waals surface area (Å²) in [5.74, 6) is -0.964. The van der Waals surface area contributed by atoms with Gasteiger partial charge in [0, 0.05) is 0 Å². The second kappa shape index (κ2) is 16.8. The molecule has 0 heterocycles. The minimum absolute atomic E-state index is 0.196. The van der Waals surface area contributed by atoms with Crippen LogP contribution in [0, 0.1) is 0 Å². The van der Waals surface area contributed by atoms with Crippen molar-refractivity contribution >= 4 is 5.97 Å². The number of aliphatic carboxylic acids is 1. The summed E-state index contributed by atoms with van der Waals surface area (Å²) in [4.78, 5) is 10.4. The van der Waals surface area contributed by atoms with Gasteiger partial charge < -0.3 is 10.2 Å². The predicted molar refractivity (Wildman–Crippen MR) is 97.4 cm³/mol. The topological polar surface area (TPSA) is 57.5 Å². The third-order valence-corrected chi connectivity index (χ3v) is 3.28. The molecule has 0 saturated heterocycles. The van der Waals surface area contributed by atoms with Crippen molar-refractivity contribution in [3.8, 4) is 0 Å². The van der Waals surface area contributed by atoms with Crippen LogP contribution in [-0.4, -0.2) is 22.3 Å². The van der Waals surface area contributed by atoms with Gasteiger partial charge in [-0.2, -0.15) is 0 Å². The normalized spacial score (nSPS) is 13.8. The second-order valence-corrected chi connectivity index (χ2v) is 5.58. The first kappa shape index (κ1) is 21.4. The summed E-state index contributed by atoms with van der Waals surface area (Å²) < 4.78 is 0. The number of hydrogen-bond acceptors (Lipinski definition) is 2. The van der Waals surface area contributed by atoms with E-state index in [2.05, 4.69) is 43.4 Å². The summed E-state index contributed by atoms with van der Waals surface area (Å²) >= 11 is 0. The van der Waals surface area contributed by atoms with Crippen molar-refractivity contribution in [2.75, 3.05) is 0 Å². The molecule has 3 nitrogen and oxygen atoms in total. The number of unbranched alkanes of at least 4 members (excludes halogenated alkanes) is 3. The summed E-state index contributed by atoms with van der Waals surface area (Å²) in [6.45, 7) is 2.22. The lowest BCUT2D eigenvalue weighted by atomic mass is 10.1. The Morgan fingerprint density at radius 3 is 1.91 bits per heavy atom. The van der Waals surface area contributed by atoms with E-state index in [1.807, 2.05) is 12.2 Å². The van der Waals surface area contributed by atoms with Gasteiger partial charge in [0.1, 0.15) is 0 Å². The Kier molecular flexibility index (Phi) is 15.6. The highest BCUT2D eigenvalue weighted by atomic mass is 16.4. The Morgan fingerprint density at radius 2 is 1.39 bits per heavy atom. The largest absolute Gasteiger partial charge is 0.481 e. The molecule has 0 unspecified atom stereocenters. The zero-order valence-electron chi connectivity index (χ0n) is 14.4. The van der Waals surface area contributed by atoms with Crippen LogP contribution in [0.3, 0.4) is 0 Å². The molecule has 0 aromatic carbocycles. The van der Waals surface area contributed by atoms with E-state index in [0.29, 0.717) is 6.42 Å². The van der Waals surface area contributed by atoms with Gasteiger partial charge in [-0.15, -0.1) is 0 Å². The second-order valence-electron chi connectivity index (χ2n) is 5.58. The maximum Gasteiger partial charge on any atom is 0.305 e. The molecular weight excluding hydrogens is 288 g/mol. The van der Waals surface area contributed by atoms with E-state index in [1.54, 1.807) is 0 Å². The van der Waals surface area contributed by atoms with Crippen LogP contribution in [0.5, 0.6) is 0 Å². The Balaban J connectivity index is 3.52. The summed E-state index contributed by atoms with van der Waals surface area (Å²) in [5, 5.41) is 17.9. The molecule has 0 rings (SSSR count). The van der Waals surface area contributed by atoms with E-state index < -0.39 is 12.1 Å². The smallest absolute Gasteiger partial charge is 0.305 e. The number of carboxylic acids is 1. The molecule has 23 heavy (non-hydrogen) atoms. The minimum atomic E-state index is -0.964. The molecule has 0 aromatic rings. The third kappa shape index (κ3) is 18.3. The highest BCUT2D eigenvalue weighted by Gasteiger charge is 2.06. The summed E-state index contributed by atoms with van der Waals surface area (Å²) in [6.07, 6.45) is 24.0. The van der Waals surface area contributed by atoms with Crippen LogP contribution in [-0.2, 0) is 4.79 Å². The monoisotopic (exact) mass is 320 g/mol. The van der Waals surface area contributed by atoms with E-state index in [4.69, 9.17) is 5.11 Å². The van der Waals surface area contributed by atoms with E-state index >= 15 is 0 Å². The number of aliphatic hydroxyl groups excluding tert-OH is 1. The fraction of sp³-hybridized carbons (Fsp3) is 0.550. The maximum atomic E-state index is 10.4. The van der Waals surface area contributed by atoms with Gasteiger partial charge in [0.2, 0.25) is 0 Å². The molecule has 0 amide bonds. The van der Waals surface area contributed by atoms with E-state index in [-0.39, 0.29) is 6.42 Å². The van der Waals surface area contributed by atoms with Gasteiger partial charge in [0.15, 0.2) is 0 Å². The zero-order chi connectivity index (χ0) is 17.2. The fourth-order valence-electron chi connectivity index (χ4n) is 1.98. The average molecular weight is 320 g/mol. The Hall–Kier alpha value is -1.61. The number of hydrogen-bond donors (Lipinski definition) is 2. The quantitative estimate of drug-likeness (QED) is 0.342. The zero-order valence-corrected chi connectivity index (χ0v) is 14.4. The number of rotatable bonds is 14.